The van der Waals surface area contributed by atoms with E-state index in [1.54, 1.807) is 4.90 Å². The van der Waals surface area contributed by atoms with Crippen LogP contribution in [-0.2, 0) is 0 Å². The molecule has 0 atom stereocenters. The van der Waals surface area contributed by atoms with Gasteiger partial charge in [-0.1, -0.05) is 18.0 Å². The molecule has 1 fully saturated rings. The molecule has 0 radical (unpaired) electrons. The van der Waals surface area contributed by atoms with E-state index in [4.69, 9.17) is 23.1 Å². The van der Waals surface area contributed by atoms with Gasteiger partial charge in [-0.3, -0.25) is 15.0 Å². The third-order valence-electron chi connectivity index (χ3n) is 4.31. The Morgan fingerprint density at radius 3 is 2.58 bits per heavy atom. The third-order valence-corrected chi connectivity index (χ3v) is 5.24. The lowest BCUT2D eigenvalue weighted by Gasteiger charge is -2.45. The fraction of sp³-hybridized carbons (Fsp3) is 0.429. The summed E-state index contributed by atoms with van der Waals surface area (Å²) in [5, 5.41) is 11.6. The van der Waals surface area contributed by atoms with Crippen molar-refractivity contribution in [1.29, 1.82) is 0 Å². The van der Waals surface area contributed by atoms with Crippen molar-refractivity contribution in [2.75, 3.05) is 4.90 Å². The number of anilines is 1. The summed E-state index contributed by atoms with van der Waals surface area (Å²) in [5.74, 6) is 0.260. The van der Waals surface area contributed by atoms with E-state index >= 15 is 0 Å². The normalized spacial score (nSPS) is 19.8. The highest BCUT2D eigenvalue weighted by Gasteiger charge is 2.43. The standard InChI is InChI=1S/C14H16BrClN6O2/c15-8-6-9(16)11(7-10(8)22(23)24)21-13(18)19-12(17)20-14(21)4-2-1-3-5-14/h6-7H,1-5H2,(H4,17,18,19,20). The van der Waals surface area contributed by atoms with E-state index in [0.717, 1.165) is 32.1 Å². The van der Waals surface area contributed by atoms with E-state index in [1.807, 2.05) is 0 Å². The summed E-state index contributed by atoms with van der Waals surface area (Å²) in [6.07, 6.45) is 4.46. The Balaban J connectivity index is 2.17. The fourth-order valence-electron chi connectivity index (χ4n) is 3.31. The van der Waals surface area contributed by atoms with Crippen molar-refractivity contribution in [3.05, 3.63) is 31.7 Å². The molecule has 1 aromatic rings. The smallest absolute Gasteiger partial charge is 0.285 e. The Kier molecular flexibility index (Phi) is 4.39. The lowest BCUT2D eigenvalue weighted by atomic mass is 9.87. The van der Waals surface area contributed by atoms with Gasteiger partial charge in [0.1, 0.15) is 5.66 Å². The third kappa shape index (κ3) is 2.82. The number of hydrogen-bond donors (Lipinski definition) is 2. The maximum absolute atomic E-state index is 11.3. The molecule has 8 nitrogen and oxygen atoms in total. The molecule has 2 aliphatic rings. The Morgan fingerprint density at radius 1 is 1.29 bits per heavy atom. The molecule has 0 amide bonds. The summed E-state index contributed by atoms with van der Waals surface area (Å²) in [4.78, 5) is 21.0. The molecule has 1 aliphatic carbocycles. The first-order valence-corrected chi connectivity index (χ1v) is 8.64. The average Bonchev–Trinajstić information content (AvgIpc) is 2.49. The number of hydrogen-bond acceptors (Lipinski definition) is 7. The Bertz CT molecular complexity index is 760. The van der Waals surface area contributed by atoms with Crippen molar-refractivity contribution < 1.29 is 4.92 Å². The first kappa shape index (κ1) is 17.0. The van der Waals surface area contributed by atoms with Gasteiger partial charge in [0.2, 0.25) is 11.9 Å². The number of aliphatic imine (C=N–C) groups is 2. The maximum atomic E-state index is 11.3. The van der Waals surface area contributed by atoms with Crippen molar-refractivity contribution in [3.8, 4) is 0 Å². The van der Waals surface area contributed by atoms with Crippen LogP contribution < -0.4 is 16.4 Å². The van der Waals surface area contributed by atoms with Crippen molar-refractivity contribution in [3.63, 3.8) is 0 Å². The van der Waals surface area contributed by atoms with Gasteiger partial charge in [0.05, 0.1) is 20.1 Å². The second kappa shape index (κ2) is 6.21. The molecular weight excluding hydrogens is 400 g/mol. The van der Waals surface area contributed by atoms with E-state index in [0.29, 0.717) is 15.2 Å². The van der Waals surface area contributed by atoms with Gasteiger partial charge in [0.25, 0.3) is 5.69 Å². The van der Waals surface area contributed by atoms with Gasteiger partial charge in [0.15, 0.2) is 0 Å². The molecule has 4 N–H and O–H groups in total. The van der Waals surface area contributed by atoms with E-state index in [-0.39, 0.29) is 17.6 Å². The van der Waals surface area contributed by atoms with Crippen LogP contribution in [0.4, 0.5) is 11.4 Å². The van der Waals surface area contributed by atoms with Crippen molar-refractivity contribution in [2.24, 2.45) is 21.5 Å². The van der Waals surface area contributed by atoms with E-state index < -0.39 is 10.6 Å². The zero-order valence-electron chi connectivity index (χ0n) is 12.7. The maximum Gasteiger partial charge on any atom is 0.285 e. The molecular formula is C14H16BrClN6O2. The van der Waals surface area contributed by atoms with E-state index in [2.05, 4.69) is 25.9 Å². The van der Waals surface area contributed by atoms with Crippen LogP contribution in [0.5, 0.6) is 0 Å². The first-order valence-electron chi connectivity index (χ1n) is 7.47. The minimum atomic E-state index is -0.695. The van der Waals surface area contributed by atoms with Crippen LogP contribution in [0.2, 0.25) is 5.02 Å². The summed E-state index contributed by atoms with van der Waals surface area (Å²) in [6.45, 7) is 0. The summed E-state index contributed by atoms with van der Waals surface area (Å²) in [6, 6.07) is 2.88. The van der Waals surface area contributed by atoms with Crippen LogP contribution in [0.15, 0.2) is 26.6 Å². The topological polar surface area (TPSA) is 123 Å². The molecule has 1 aliphatic heterocycles. The molecule has 10 heteroatoms. The number of nitro groups is 1. The minimum Gasteiger partial charge on any atom is -0.369 e. The fourth-order valence-corrected chi connectivity index (χ4v) is 4.18. The van der Waals surface area contributed by atoms with Crippen LogP contribution in [0, 0.1) is 10.1 Å². The summed E-state index contributed by atoms with van der Waals surface area (Å²) in [5.41, 5.74) is 11.5. The van der Waals surface area contributed by atoms with Crippen LogP contribution in [0.25, 0.3) is 0 Å². The lowest BCUT2D eigenvalue weighted by molar-refractivity contribution is -0.385. The van der Waals surface area contributed by atoms with Crippen molar-refractivity contribution in [2.45, 2.75) is 37.8 Å². The van der Waals surface area contributed by atoms with Gasteiger partial charge in [-0.05, 0) is 47.7 Å². The molecule has 1 aromatic carbocycles. The average molecular weight is 416 g/mol. The van der Waals surface area contributed by atoms with Crippen LogP contribution in [0.3, 0.4) is 0 Å². The summed E-state index contributed by atoms with van der Waals surface area (Å²) in [7, 11) is 0. The number of nitro benzene ring substituents is 1. The highest BCUT2D eigenvalue weighted by Crippen LogP contribution is 2.44. The molecule has 1 saturated carbocycles. The van der Waals surface area contributed by atoms with Gasteiger partial charge >= 0.3 is 0 Å². The molecule has 0 saturated heterocycles. The van der Waals surface area contributed by atoms with Crippen LogP contribution in [-0.4, -0.2) is 22.5 Å². The predicted octanol–water partition coefficient (Wildman–Crippen LogP) is 3.12. The molecule has 24 heavy (non-hydrogen) atoms. The Hall–Kier alpha value is -1.87. The molecule has 3 rings (SSSR count). The zero-order valence-corrected chi connectivity index (χ0v) is 15.0. The number of rotatable bonds is 2. The van der Waals surface area contributed by atoms with E-state index in [9.17, 15) is 10.1 Å². The zero-order chi connectivity index (χ0) is 17.5. The number of halogens is 2. The molecule has 1 spiro atoms. The van der Waals surface area contributed by atoms with Gasteiger partial charge in [-0.15, -0.1) is 0 Å². The van der Waals surface area contributed by atoms with Crippen molar-refractivity contribution in [1.82, 2.24) is 0 Å². The first-order chi connectivity index (χ1) is 11.3. The predicted molar refractivity (Wildman–Crippen MR) is 97.3 cm³/mol. The van der Waals surface area contributed by atoms with E-state index in [1.165, 1.54) is 12.1 Å². The van der Waals surface area contributed by atoms with Crippen LogP contribution >= 0.6 is 27.5 Å². The second-order valence-electron chi connectivity index (χ2n) is 5.83. The molecule has 0 bridgehead atoms. The number of nitrogens with zero attached hydrogens (tertiary/aromatic N) is 4. The number of nitrogens with two attached hydrogens (primary N) is 2. The van der Waals surface area contributed by atoms with Crippen LogP contribution in [0.1, 0.15) is 32.1 Å². The SMILES string of the molecule is NC1=NC2(CCCCC2)N(c2cc([N+](=O)[O-])c(Br)cc2Cl)C(N)=N1. The monoisotopic (exact) mass is 414 g/mol. The van der Waals surface area contributed by atoms with Gasteiger partial charge in [-0.25, -0.2) is 4.99 Å². The number of benzene rings is 1. The van der Waals surface area contributed by atoms with Gasteiger partial charge < -0.3 is 11.5 Å². The quantitative estimate of drug-likeness (QED) is 0.567. The number of guanidine groups is 2. The Morgan fingerprint density at radius 2 is 1.96 bits per heavy atom. The highest BCUT2D eigenvalue weighted by atomic mass is 79.9. The van der Waals surface area contributed by atoms with Gasteiger partial charge in [-0.2, -0.15) is 4.99 Å². The van der Waals surface area contributed by atoms with Gasteiger partial charge in [0, 0.05) is 6.07 Å². The summed E-state index contributed by atoms with van der Waals surface area (Å²) < 4.78 is 0.300. The minimum absolute atomic E-state index is 0.101. The lowest BCUT2D eigenvalue weighted by Crippen LogP contribution is -2.58. The Labute approximate surface area is 151 Å². The largest absolute Gasteiger partial charge is 0.369 e. The molecule has 1 heterocycles. The highest BCUT2D eigenvalue weighted by molar-refractivity contribution is 9.10. The van der Waals surface area contributed by atoms with Crippen molar-refractivity contribution >= 4 is 50.8 Å². The molecule has 128 valence electrons. The summed E-state index contributed by atoms with van der Waals surface area (Å²) >= 11 is 9.52. The molecule has 0 aromatic heterocycles. The second-order valence-corrected chi connectivity index (χ2v) is 7.09. The molecule has 0 unspecified atom stereocenters.